The Hall–Kier alpha value is -6.01. The van der Waals surface area contributed by atoms with E-state index in [0.29, 0.717) is 11.1 Å². The van der Waals surface area contributed by atoms with Gasteiger partial charge in [-0.2, -0.15) is 0 Å². The lowest BCUT2D eigenvalue weighted by atomic mass is 9.98. The van der Waals surface area contributed by atoms with E-state index < -0.39 is 6.17 Å². The molecule has 5 aromatic heterocycles. The Bertz CT molecular complexity index is 2810. The van der Waals surface area contributed by atoms with Crippen molar-refractivity contribution in [3.8, 4) is 5.69 Å². The summed E-state index contributed by atoms with van der Waals surface area (Å²) in [5, 5.41) is 7.26. The van der Waals surface area contributed by atoms with E-state index in [0.717, 1.165) is 76.9 Å². The third kappa shape index (κ3) is 3.36. The first kappa shape index (κ1) is 24.4. The molecule has 6 heteroatoms. The summed E-state index contributed by atoms with van der Waals surface area (Å²) in [5.41, 5.74) is 7.35. The van der Waals surface area contributed by atoms with Crippen molar-refractivity contribution in [3.05, 3.63) is 145 Å². The Morgan fingerprint density at radius 3 is 2.33 bits per heavy atom. The maximum atomic E-state index is 16.6. The molecular formula is C39H23FN4O. The summed E-state index contributed by atoms with van der Waals surface area (Å²) in [7, 11) is 0. The maximum absolute atomic E-state index is 16.6. The molecule has 0 fully saturated rings. The van der Waals surface area contributed by atoms with E-state index in [9.17, 15) is 0 Å². The zero-order valence-electron chi connectivity index (χ0n) is 23.9. The lowest BCUT2D eigenvalue weighted by Crippen LogP contribution is -2.00. The Morgan fingerprint density at radius 1 is 0.578 bits per heavy atom. The van der Waals surface area contributed by atoms with Crippen LogP contribution in [0.5, 0.6) is 0 Å². The third-order valence-electron chi connectivity index (χ3n) is 9.12. The number of imidazole rings is 1. The summed E-state index contributed by atoms with van der Waals surface area (Å²) in [6.07, 6.45) is 4.22. The van der Waals surface area contributed by atoms with Crippen LogP contribution >= 0.6 is 0 Å². The monoisotopic (exact) mass is 582 g/mol. The summed E-state index contributed by atoms with van der Waals surface area (Å²) in [4.78, 5) is 9.45. The molecule has 5 nitrogen and oxygen atoms in total. The highest BCUT2D eigenvalue weighted by Gasteiger charge is 2.21. The molecule has 0 saturated heterocycles. The van der Waals surface area contributed by atoms with Crippen molar-refractivity contribution in [3.63, 3.8) is 0 Å². The van der Waals surface area contributed by atoms with Gasteiger partial charge in [-0.05, 0) is 71.1 Å². The average molecular weight is 583 g/mol. The quantitative estimate of drug-likeness (QED) is 0.195. The van der Waals surface area contributed by atoms with Crippen molar-refractivity contribution in [2.24, 2.45) is 0 Å². The molecule has 212 valence electrons. The van der Waals surface area contributed by atoms with Gasteiger partial charge in [0.1, 0.15) is 22.5 Å². The van der Waals surface area contributed by atoms with Crippen molar-refractivity contribution >= 4 is 71.2 Å². The van der Waals surface area contributed by atoms with Gasteiger partial charge < -0.3 is 4.42 Å². The topological polar surface area (TPSA) is 48.3 Å². The number of fused-ring (bicyclic) bond motifs is 13. The van der Waals surface area contributed by atoms with E-state index in [4.69, 9.17) is 9.40 Å². The first-order valence-corrected chi connectivity index (χ1v) is 15.0. The van der Waals surface area contributed by atoms with Crippen LogP contribution in [0.3, 0.4) is 0 Å². The van der Waals surface area contributed by atoms with Crippen molar-refractivity contribution < 1.29 is 8.81 Å². The van der Waals surface area contributed by atoms with E-state index in [1.807, 2.05) is 91.1 Å². The van der Waals surface area contributed by atoms with Gasteiger partial charge in [0.05, 0.1) is 16.4 Å². The van der Waals surface area contributed by atoms with Crippen molar-refractivity contribution in [1.82, 2.24) is 18.9 Å². The number of alkyl halides is 1. The molecule has 10 aromatic rings. The lowest BCUT2D eigenvalue weighted by Gasteiger charge is -2.15. The number of aromatic nitrogens is 4. The maximum Gasteiger partial charge on any atom is 0.150 e. The highest BCUT2D eigenvalue weighted by atomic mass is 19.1. The number of hydrogen-bond acceptors (Lipinski definition) is 3. The van der Waals surface area contributed by atoms with Crippen LogP contribution < -0.4 is 0 Å². The van der Waals surface area contributed by atoms with Crippen LogP contribution in [0.1, 0.15) is 17.3 Å². The SMILES string of the molecule is FC(c1cccc(-n2c3ncccc3c3ccc4oc5ccccc5c4c32)c1)c1ccc2c3ccccc3n3ccnc3c2c1. The molecule has 1 atom stereocenters. The van der Waals surface area contributed by atoms with Crippen LogP contribution in [0.15, 0.2) is 138 Å². The van der Waals surface area contributed by atoms with Crippen LogP contribution in [-0.4, -0.2) is 18.9 Å². The smallest absolute Gasteiger partial charge is 0.150 e. The minimum atomic E-state index is -1.34. The molecule has 0 N–H and O–H groups in total. The van der Waals surface area contributed by atoms with Gasteiger partial charge in [0.25, 0.3) is 0 Å². The number of furan rings is 1. The molecule has 0 saturated carbocycles. The van der Waals surface area contributed by atoms with Crippen LogP contribution in [-0.2, 0) is 0 Å². The van der Waals surface area contributed by atoms with Crippen molar-refractivity contribution in [2.45, 2.75) is 6.17 Å². The minimum Gasteiger partial charge on any atom is -0.456 e. The molecular weight excluding hydrogens is 559 g/mol. The average Bonchev–Trinajstić information content (AvgIpc) is 3.82. The van der Waals surface area contributed by atoms with Gasteiger partial charge in [-0.25, -0.2) is 14.4 Å². The molecule has 1 unspecified atom stereocenters. The summed E-state index contributed by atoms with van der Waals surface area (Å²) in [6.45, 7) is 0. The van der Waals surface area contributed by atoms with E-state index in [1.54, 1.807) is 12.4 Å². The number of pyridine rings is 2. The Balaban J connectivity index is 1.19. The summed E-state index contributed by atoms with van der Waals surface area (Å²) in [5.74, 6) is 0. The van der Waals surface area contributed by atoms with Gasteiger partial charge in [0.15, 0.2) is 6.17 Å². The molecule has 0 bridgehead atoms. The van der Waals surface area contributed by atoms with E-state index >= 15 is 4.39 Å². The van der Waals surface area contributed by atoms with Crippen molar-refractivity contribution in [2.75, 3.05) is 0 Å². The first-order valence-electron chi connectivity index (χ1n) is 15.0. The number of nitrogens with zero attached hydrogens (tertiary/aromatic N) is 4. The fourth-order valence-corrected chi connectivity index (χ4v) is 7.15. The molecule has 0 aliphatic carbocycles. The number of rotatable bonds is 3. The predicted octanol–water partition coefficient (Wildman–Crippen LogP) is 10.1. The molecule has 0 spiro atoms. The number of hydrogen-bond donors (Lipinski definition) is 0. The van der Waals surface area contributed by atoms with Crippen molar-refractivity contribution in [1.29, 1.82) is 0 Å². The van der Waals surface area contributed by atoms with E-state index in [1.165, 1.54) is 0 Å². The largest absolute Gasteiger partial charge is 0.456 e. The molecule has 10 rings (SSSR count). The van der Waals surface area contributed by atoms with E-state index in [-0.39, 0.29) is 0 Å². The van der Waals surface area contributed by atoms with Crippen LogP contribution in [0.2, 0.25) is 0 Å². The van der Waals surface area contributed by atoms with Gasteiger partial charge in [-0.15, -0.1) is 0 Å². The highest BCUT2D eigenvalue weighted by Crippen LogP contribution is 2.41. The molecule has 0 radical (unpaired) electrons. The second-order valence-corrected chi connectivity index (χ2v) is 11.5. The predicted molar refractivity (Wildman–Crippen MR) is 179 cm³/mol. The summed E-state index contributed by atoms with van der Waals surface area (Å²) < 4.78 is 27.1. The van der Waals surface area contributed by atoms with Crippen LogP contribution in [0, 0.1) is 0 Å². The Morgan fingerprint density at radius 2 is 1.38 bits per heavy atom. The van der Waals surface area contributed by atoms with Crippen LogP contribution in [0.25, 0.3) is 76.9 Å². The molecule has 45 heavy (non-hydrogen) atoms. The highest BCUT2D eigenvalue weighted by molar-refractivity contribution is 6.24. The normalized spacial score (nSPS) is 12.9. The Kier molecular flexibility index (Phi) is 4.89. The minimum absolute atomic E-state index is 0.571. The summed E-state index contributed by atoms with van der Waals surface area (Å²) in [6, 6.07) is 38.1. The third-order valence-corrected chi connectivity index (χ3v) is 9.12. The fourth-order valence-electron chi connectivity index (χ4n) is 7.15. The van der Waals surface area contributed by atoms with E-state index in [2.05, 4.69) is 44.3 Å². The second kappa shape index (κ2) is 9.00. The van der Waals surface area contributed by atoms with Crippen LogP contribution in [0.4, 0.5) is 4.39 Å². The lowest BCUT2D eigenvalue weighted by molar-refractivity contribution is 0.402. The molecule has 5 aromatic carbocycles. The molecule has 0 amide bonds. The van der Waals surface area contributed by atoms with Gasteiger partial charge >= 0.3 is 0 Å². The zero-order valence-corrected chi connectivity index (χ0v) is 23.9. The Labute approximate surface area is 255 Å². The van der Waals surface area contributed by atoms with Gasteiger partial charge in [0, 0.05) is 51.2 Å². The van der Waals surface area contributed by atoms with Gasteiger partial charge in [-0.1, -0.05) is 60.7 Å². The molecule has 0 aliphatic heterocycles. The zero-order chi connectivity index (χ0) is 29.6. The molecule has 0 aliphatic rings. The molecule has 5 heterocycles. The fraction of sp³-hybridized carbons (Fsp3) is 0.0256. The van der Waals surface area contributed by atoms with Gasteiger partial charge in [-0.3, -0.25) is 8.97 Å². The number of halogens is 1. The van der Waals surface area contributed by atoms with Gasteiger partial charge in [0.2, 0.25) is 0 Å². The second-order valence-electron chi connectivity index (χ2n) is 11.5. The number of benzene rings is 5. The summed E-state index contributed by atoms with van der Waals surface area (Å²) >= 11 is 0. The number of para-hydroxylation sites is 2. The standard InChI is InChI=1S/C39H23FN4O/c40-36(24-14-15-26-27-9-1-3-12-32(27)43-20-19-42-38(43)31(26)22-24)23-7-5-8-25(21-23)44-37-28(29-11-6-18-41-39(29)44)16-17-34-35(37)30-10-2-4-13-33(30)45-34/h1-22,36H. The first-order chi connectivity index (χ1) is 22.2.